The van der Waals surface area contributed by atoms with Gasteiger partial charge in [0.05, 0.1) is 18.7 Å². The highest BCUT2D eigenvalue weighted by Crippen LogP contribution is 2.38. The number of benzene rings is 1. The van der Waals surface area contributed by atoms with E-state index in [4.69, 9.17) is 21.1 Å². The molecule has 0 radical (unpaired) electrons. The Balaban J connectivity index is 2.95. The van der Waals surface area contributed by atoms with Crippen LogP contribution in [0.25, 0.3) is 0 Å². The number of rotatable bonds is 6. The summed E-state index contributed by atoms with van der Waals surface area (Å²) in [5.41, 5.74) is 0.610. The zero-order valence-corrected chi connectivity index (χ0v) is 11.6. The third-order valence-corrected chi connectivity index (χ3v) is 2.56. The number of carbonyl (C=O) groups is 1. The Kier molecular flexibility index (Phi) is 5.78. The lowest BCUT2D eigenvalue weighted by Gasteiger charge is -2.13. The summed E-state index contributed by atoms with van der Waals surface area (Å²) >= 11 is 6.10. The van der Waals surface area contributed by atoms with Gasteiger partial charge in [-0.15, -0.1) is 0 Å². The van der Waals surface area contributed by atoms with Crippen molar-refractivity contribution < 1.29 is 14.3 Å². The van der Waals surface area contributed by atoms with Crippen LogP contribution in [0.5, 0.6) is 11.5 Å². The van der Waals surface area contributed by atoms with Crippen LogP contribution in [0.2, 0.25) is 5.02 Å². The van der Waals surface area contributed by atoms with Crippen molar-refractivity contribution in [2.45, 2.75) is 26.7 Å². The van der Waals surface area contributed by atoms with E-state index in [2.05, 4.69) is 5.32 Å². The molecule has 100 valence electrons. The number of ether oxygens (including phenoxy) is 2. The largest absolute Gasteiger partial charge is 0.493 e. The highest BCUT2D eigenvalue weighted by Gasteiger charge is 2.12. The van der Waals surface area contributed by atoms with Crippen molar-refractivity contribution in [3.05, 3.63) is 17.2 Å². The van der Waals surface area contributed by atoms with Crippen LogP contribution in [-0.4, -0.2) is 19.6 Å². The van der Waals surface area contributed by atoms with Gasteiger partial charge in [-0.3, -0.25) is 4.79 Å². The number of hydrogen-bond acceptors (Lipinski definition) is 3. The first-order valence-corrected chi connectivity index (χ1v) is 6.30. The summed E-state index contributed by atoms with van der Waals surface area (Å²) in [5, 5.41) is 3.19. The van der Waals surface area contributed by atoms with Gasteiger partial charge in [-0.1, -0.05) is 18.5 Å². The second kappa shape index (κ2) is 7.11. The molecule has 1 N–H and O–H groups in total. The van der Waals surface area contributed by atoms with Crippen molar-refractivity contribution in [3.63, 3.8) is 0 Å². The van der Waals surface area contributed by atoms with E-state index in [1.807, 2.05) is 13.8 Å². The fourth-order valence-corrected chi connectivity index (χ4v) is 1.79. The molecule has 0 unspecified atom stereocenters. The number of methoxy groups -OCH3 is 1. The fourth-order valence-electron chi connectivity index (χ4n) is 1.53. The lowest BCUT2D eigenvalue weighted by molar-refractivity contribution is -0.116. The van der Waals surface area contributed by atoms with Gasteiger partial charge in [0.1, 0.15) is 0 Å². The molecule has 1 aromatic carbocycles. The van der Waals surface area contributed by atoms with Crippen molar-refractivity contribution in [1.82, 2.24) is 0 Å². The van der Waals surface area contributed by atoms with Crippen LogP contribution in [0, 0.1) is 0 Å². The molecule has 0 saturated heterocycles. The summed E-state index contributed by atoms with van der Waals surface area (Å²) in [6, 6.07) is 3.35. The number of anilines is 1. The van der Waals surface area contributed by atoms with E-state index in [0.29, 0.717) is 35.2 Å². The van der Waals surface area contributed by atoms with Crippen LogP contribution in [0.3, 0.4) is 0 Å². The summed E-state index contributed by atoms with van der Waals surface area (Å²) in [5.74, 6) is 0.964. The van der Waals surface area contributed by atoms with E-state index in [-0.39, 0.29) is 5.91 Å². The molecule has 1 amide bonds. The fraction of sp³-hybridized carbons (Fsp3) is 0.462. The highest BCUT2D eigenvalue weighted by atomic mass is 35.5. The SMILES string of the molecule is CCCC(=O)Nc1cc(Cl)c(OCC)c(OC)c1. The standard InChI is InChI=1S/C13H18ClNO3/c1-4-6-12(16)15-9-7-10(14)13(18-5-2)11(8-9)17-3/h7-8H,4-6H2,1-3H3,(H,15,16). The molecule has 0 aromatic heterocycles. The van der Waals surface area contributed by atoms with E-state index < -0.39 is 0 Å². The lowest BCUT2D eigenvalue weighted by atomic mass is 10.2. The Morgan fingerprint density at radius 2 is 2.11 bits per heavy atom. The normalized spacial score (nSPS) is 10.0. The smallest absolute Gasteiger partial charge is 0.224 e. The quantitative estimate of drug-likeness (QED) is 0.862. The third-order valence-electron chi connectivity index (χ3n) is 2.28. The zero-order chi connectivity index (χ0) is 13.5. The topological polar surface area (TPSA) is 47.6 Å². The molecule has 5 heteroatoms. The average Bonchev–Trinajstić information content (AvgIpc) is 2.32. The molecule has 0 fully saturated rings. The average molecular weight is 272 g/mol. The number of halogens is 1. The molecule has 0 aliphatic rings. The van der Waals surface area contributed by atoms with Crippen LogP contribution >= 0.6 is 11.6 Å². The molecular weight excluding hydrogens is 254 g/mol. The second-order valence-electron chi connectivity index (χ2n) is 3.72. The molecule has 1 rings (SSSR count). The molecule has 18 heavy (non-hydrogen) atoms. The van der Waals surface area contributed by atoms with E-state index in [9.17, 15) is 4.79 Å². The molecule has 0 saturated carbocycles. The predicted octanol–water partition coefficient (Wildman–Crippen LogP) is 3.49. The Hall–Kier alpha value is -1.42. The van der Waals surface area contributed by atoms with Crippen molar-refractivity contribution in [3.8, 4) is 11.5 Å². The molecule has 0 spiro atoms. The second-order valence-corrected chi connectivity index (χ2v) is 4.13. The maximum absolute atomic E-state index is 11.5. The minimum Gasteiger partial charge on any atom is -0.493 e. The summed E-state index contributed by atoms with van der Waals surface area (Å²) in [6.45, 7) is 4.32. The van der Waals surface area contributed by atoms with Gasteiger partial charge in [-0.25, -0.2) is 0 Å². The predicted molar refractivity (Wildman–Crippen MR) is 72.7 cm³/mol. The molecular formula is C13H18ClNO3. The minimum atomic E-state index is -0.0419. The Morgan fingerprint density at radius 1 is 1.39 bits per heavy atom. The first-order chi connectivity index (χ1) is 8.62. The van der Waals surface area contributed by atoms with Gasteiger partial charge in [0.25, 0.3) is 0 Å². The molecule has 4 nitrogen and oxygen atoms in total. The van der Waals surface area contributed by atoms with E-state index >= 15 is 0 Å². The summed E-state index contributed by atoms with van der Waals surface area (Å²) < 4.78 is 10.6. The van der Waals surface area contributed by atoms with Gasteiger partial charge in [0.2, 0.25) is 5.91 Å². The van der Waals surface area contributed by atoms with Crippen molar-refractivity contribution in [2.24, 2.45) is 0 Å². The van der Waals surface area contributed by atoms with E-state index in [1.165, 1.54) is 7.11 Å². The van der Waals surface area contributed by atoms with Crippen LogP contribution in [-0.2, 0) is 4.79 Å². The lowest BCUT2D eigenvalue weighted by Crippen LogP contribution is -2.10. The first-order valence-electron chi connectivity index (χ1n) is 5.92. The molecule has 0 aliphatic heterocycles. The van der Waals surface area contributed by atoms with Gasteiger partial charge >= 0.3 is 0 Å². The van der Waals surface area contributed by atoms with Crippen molar-refractivity contribution in [2.75, 3.05) is 19.0 Å². The molecule has 0 atom stereocenters. The van der Waals surface area contributed by atoms with Crippen molar-refractivity contribution >= 4 is 23.2 Å². The number of hydrogen-bond donors (Lipinski definition) is 1. The Bertz CT molecular complexity index is 421. The van der Waals surface area contributed by atoms with Gasteiger partial charge in [-0.05, 0) is 19.4 Å². The maximum Gasteiger partial charge on any atom is 0.224 e. The maximum atomic E-state index is 11.5. The monoisotopic (exact) mass is 271 g/mol. The van der Waals surface area contributed by atoms with Gasteiger partial charge < -0.3 is 14.8 Å². The van der Waals surface area contributed by atoms with Crippen LogP contribution < -0.4 is 14.8 Å². The van der Waals surface area contributed by atoms with Gasteiger partial charge in [0.15, 0.2) is 11.5 Å². The van der Waals surface area contributed by atoms with Crippen LogP contribution in [0.4, 0.5) is 5.69 Å². The first kappa shape index (κ1) is 14.6. The number of nitrogens with one attached hydrogen (secondary N) is 1. The molecule has 1 aromatic rings. The summed E-state index contributed by atoms with van der Waals surface area (Å²) in [7, 11) is 1.53. The number of carbonyl (C=O) groups excluding carboxylic acids is 1. The molecule has 0 heterocycles. The summed E-state index contributed by atoms with van der Waals surface area (Å²) in [6.07, 6.45) is 1.28. The molecule has 0 bridgehead atoms. The number of amides is 1. The highest BCUT2D eigenvalue weighted by molar-refractivity contribution is 6.32. The minimum absolute atomic E-state index is 0.0419. The van der Waals surface area contributed by atoms with Crippen LogP contribution in [0.15, 0.2) is 12.1 Å². The zero-order valence-electron chi connectivity index (χ0n) is 10.9. The Morgan fingerprint density at radius 3 is 2.67 bits per heavy atom. The van der Waals surface area contributed by atoms with Gasteiger partial charge in [0, 0.05) is 18.2 Å². The van der Waals surface area contributed by atoms with Gasteiger partial charge in [-0.2, -0.15) is 0 Å². The Labute approximate surface area is 112 Å². The third kappa shape index (κ3) is 3.81. The van der Waals surface area contributed by atoms with Crippen molar-refractivity contribution in [1.29, 1.82) is 0 Å². The molecule has 0 aliphatic carbocycles. The van der Waals surface area contributed by atoms with Crippen LogP contribution in [0.1, 0.15) is 26.7 Å². The van der Waals surface area contributed by atoms with E-state index in [1.54, 1.807) is 12.1 Å². The summed E-state index contributed by atoms with van der Waals surface area (Å²) in [4.78, 5) is 11.5. The van der Waals surface area contributed by atoms with E-state index in [0.717, 1.165) is 6.42 Å².